The lowest BCUT2D eigenvalue weighted by molar-refractivity contribution is -0.114. The van der Waals surface area contributed by atoms with Crippen molar-refractivity contribution in [2.75, 3.05) is 0 Å². The van der Waals surface area contributed by atoms with E-state index in [1.807, 2.05) is 6.08 Å². The van der Waals surface area contributed by atoms with Gasteiger partial charge in [-0.2, -0.15) is 5.10 Å². The molecule has 16 heavy (non-hydrogen) atoms. The lowest BCUT2D eigenvalue weighted by Gasteiger charge is -2.08. The van der Waals surface area contributed by atoms with E-state index in [2.05, 4.69) is 15.2 Å². The number of primary amides is 1. The first-order chi connectivity index (χ1) is 7.75. The summed E-state index contributed by atoms with van der Waals surface area (Å²) in [7, 11) is 0. The highest BCUT2D eigenvalue weighted by Crippen LogP contribution is 2.07. The fourth-order valence-electron chi connectivity index (χ4n) is 1.85. The number of rotatable bonds is 1. The average Bonchev–Trinajstić information content (AvgIpc) is 2.76. The Balaban J connectivity index is 2.27. The molecule has 1 aromatic heterocycles. The van der Waals surface area contributed by atoms with Gasteiger partial charge in [0.1, 0.15) is 11.1 Å². The van der Waals surface area contributed by atoms with E-state index in [9.17, 15) is 4.79 Å². The van der Waals surface area contributed by atoms with Crippen molar-refractivity contribution >= 4 is 18.2 Å². The first-order valence-electron chi connectivity index (χ1n) is 4.85. The highest BCUT2D eigenvalue weighted by Gasteiger charge is 2.14. The lowest BCUT2D eigenvalue weighted by Crippen LogP contribution is -2.34. The molecule has 5 nitrogen and oxygen atoms in total. The fraction of sp³-hybridized carbons (Fsp3) is 0.0909. The Morgan fingerprint density at radius 3 is 3.06 bits per heavy atom. The van der Waals surface area contributed by atoms with Crippen molar-refractivity contribution in [3.63, 3.8) is 0 Å². The maximum Gasteiger partial charge on any atom is 0.244 e. The van der Waals surface area contributed by atoms with E-state index in [4.69, 9.17) is 5.73 Å². The van der Waals surface area contributed by atoms with Crippen LogP contribution in [0.25, 0.3) is 6.08 Å². The molecule has 1 aromatic rings. The molecule has 0 aromatic carbocycles. The number of allylic oxidation sites excluding steroid dienone is 1. The number of aromatic nitrogens is 1. The van der Waals surface area contributed by atoms with Crippen molar-refractivity contribution in [1.82, 2.24) is 4.98 Å². The second-order valence-electron chi connectivity index (χ2n) is 3.68. The predicted molar refractivity (Wildman–Crippen MR) is 58.1 cm³/mol. The molecule has 0 saturated heterocycles. The van der Waals surface area contributed by atoms with Crippen LogP contribution in [0.4, 0.5) is 0 Å². The molecule has 0 radical (unpaired) electrons. The number of fused-ring (bicyclic) bond motifs is 3. The Morgan fingerprint density at radius 2 is 2.25 bits per heavy atom. The van der Waals surface area contributed by atoms with Gasteiger partial charge in [0, 0.05) is 23.4 Å². The molecule has 2 N–H and O–H groups in total. The van der Waals surface area contributed by atoms with Gasteiger partial charge in [0.2, 0.25) is 5.91 Å². The Hall–Kier alpha value is -2.30. The fourth-order valence-corrected chi connectivity index (χ4v) is 1.85. The molecule has 3 rings (SSSR count). The number of carbonyl (C=O) groups is 1. The zero-order valence-corrected chi connectivity index (χ0v) is 8.34. The van der Waals surface area contributed by atoms with Crippen LogP contribution in [0.2, 0.25) is 0 Å². The molecule has 1 aliphatic heterocycles. The minimum atomic E-state index is -0.393. The van der Waals surface area contributed by atoms with Gasteiger partial charge in [-0.05, 0) is 5.56 Å². The van der Waals surface area contributed by atoms with Crippen LogP contribution in [0, 0.1) is 0 Å². The molecular formula is C11H8N4O. The molecule has 2 heterocycles. The third-order valence-corrected chi connectivity index (χ3v) is 2.69. The number of hydrogen-bond donors (Lipinski definition) is 1. The van der Waals surface area contributed by atoms with E-state index in [1.54, 1.807) is 18.5 Å². The molecule has 0 fully saturated rings. The molecule has 0 bridgehead atoms. The van der Waals surface area contributed by atoms with Gasteiger partial charge in [0.05, 0.1) is 6.21 Å². The van der Waals surface area contributed by atoms with Gasteiger partial charge in [0.15, 0.2) is 0 Å². The molecule has 0 atom stereocenters. The topological polar surface area (TPSA) is 80.7 Å². The van der Waals surface area contributed by atoms with Gasteiger partial charge < -0.3 is 5.73 Å². The average molecular weight is 212 g/mol. The molecule has 0 unspecified atom stereocenters. The van der Waals surface area contributed by atoms with Crippen LogP contribution in [-0.4, -0.2) is 17.1 Å². The molecule has 2 aliphatic rings. The normalized spacial score (nSPS) is 15.6. The summed E-state index contributed by atoms with van der Waals surface area (Å²) in [5, 5.41) is 9.59. The SMILES string of the molecule is NC(=O)C1=CC=c2c(cnc3c2=NN=C3)C1. The van der Waals surface area contributed by atoms with Crippen LogP contribution < -0.4 is 16.3 Å². The Labute approximate surface area is 90.7 Å². The van der Waals surface area contributed by atoms with Crippen LogP contribution >= 0.6 is 0 Å². The van der Waals surface area contributed by atoms with Crippen molar-refractivity contribution < 1.29 is 4.79 Å². The van der Waals surface area contributed by atoms with Crippen molar-refractivity contribution in [1.29, 1.82) is 0 Å². The van der Waals surface area contributed by atoms with Gasteiger partial charge in [-0.15, -0.1) is 5.10 Å². The van der Waals surface area contributed by atoms with Gasteiger partial charge in [-0.25, -0.2) is 0 Å². The summed E-state index contributed by atoms with van der Waals surface area (Å²) in [5.74, 6) is -0.393. The van der Waals surface area contributed by atoms with Gasteiger partial charge >= 0.3 is 0 Å². The standard InChI is InChI=1S/C11H8N4O/c12-11(16)6-1-2-8-7(3-6)4-13-9-5-14-15-10(8)9/h1-2,4-5H,3H2,(H2,12,16). The van der Waals surface area contributed by atoms with E-state index < -0.39 is 5.91 Å². The smallest absolute Gasteiger partial charge is 0.244 e. The highest BCUT2D eigenvalue weighted by atomic mass is 16.1. The summed E-state index contributed by atoms with van der Waals surface area (Å²) < 4.78 is 0. The summed E-state index contributed by atoms with van der Waals surface area (Å²) in [4.78, 5) is 15.3. The summed E-state index contributed by atoms with van der Waals surface area (Å²) in [6.07, 6.45) is 7.46. The number of carbonyl (C=O) groups excluding carboxylic acids is 1. The number of hydrogen-bond acceptors (Lipinski definition) is 4. The van der Waals surface area contributed by atoms with Crippen LogP contribution in [-0.2, 0) is 11.2 Å². The zero-order chi connectivity index (χ0) is 11.1. The summed E-state index contributed by atoms with van der Waals surface area (Å²) in [6.45, 7) is 0. The summed E-state index contributed by atoms with van der Waals surface area (Å²) in [5.41, 5.74) is 7.56. The summed E-state index contributed by atoms with van der Waals surface area (Å²) in [6, 6.07) is 0. The number of nitrogens with two attached hydrogens (primary N) is 1. The molecule has 78 valence electrons. The minimum absolute atomic E-state index is 0.393. The molecule has 5 heteroatoms. The number of nitrogens with zero attached hydrogens (tertiary/aromatic N) is 3. The zero-order valence-electron chi connectivity index (χ0n) is 8.34. The van der Waals surface area contributed by atoms with Crippen LogP contribution in [0.15, 0.2) is 28.0 Å². The number of pyridine rings is 1. The first-order valence-corrected chi connectivity index (χ1v) is 4.85. The van der Waals surface area contributed by atoms with Crippen LogP contribution in [0.3, 0.4) is 0 Å². The quantitative estimate of drug-likeness (QED) is 0.634. The van der Waals surface area contributed by atoms with Crippen molar-refractivity contribution in [2.24, 2.45) is 15.9 Å². The van der Waals surface area contributed by atoms with Gasteiger partial charge in [-0.1, -0.05) is 12.2 Å². The number of amides is 1. The van der Waals surface area contributed by atoms with Gasteiger partial charge in [-0.3, -0.25) is 9.78 Å². The van der Waals surface area contributed by atoms with E-state index in [0.717, 1.165) is 21.8 Å². The van der Waals surface area contributed by atoms with Crippen molar-refractivity contribution in [3.8, 4) is 0 Å². The maximum absolute atomic E-state index is 11.1. The Kier molecular flexibility index (Phi) is 1.73. The van der Waals surface area contributed by atoms with E-state index in [-0.39, 0.29) is 0 Å². The Morgan fingerprint density at radius 1 is 1.38 bits per heavy atom. The lowest BCUT2D eigenvalue weighted by atomic mass is 9.98. The third kappa shape index (κ3) is 1.18. The summed E-state index contributed by atoms with van der Waals surface area (Å²) >= 11 is 0. The molecule has 0 saturated carbocycles. The van der Waals surface area contributed by atoms with Crippen LogP contribution in [0.1, 0.15) is 11.3 Å². The Bertz CT molecular complexity index is 670. The van der Waals surface area contributed by atoms with Crippen molar-refractivity contribution in [3.05, 3.63) is 39.7 Å². The largest absolute Gasteiger partial charge is 0.366 e. The second kappa shape index (κ2) is 3.10. The second-order valence-corrected chi connectivity index (χ2v) is 3.68. The first kappa shape index (κ1) is 8.96. The molecular weight excluding hydrogens is 204 g/mol. The van der Waals surface area contributed by atoms with E-state index in [0.29, 0.717) is 12.0 Å². The molecule has 0 spiro atoms. The molecule has 1 amide bonds. The third-order valence-electron chi connectivity index (χ3n) is 2.69. The van der Waals surface area contributed by atoms with Crippen molar-refractivity contribution in [2.45, 2.75) is 6.42 Å². The van der Waals surface area contributed by atoms with E-state index >= 15 is 0 Å². The monoisotopic (exact) mass is 212 g/mol. The van der Waals surface area contributed by atoms with Gasteiger partial charge in [0.25, 0.3) is 0 Å². The minimum Gasteiger partial charge on any atom is -0.366 e. The highest BCUT2D eigenvalue weighted by molar-refractivity contribution is 5.94. The maximum atomic E-state index is 11.1. The molecule has 1 aliphatic carbocycles. The van der Waals surface area contributed by atoms with E-state index in [1.165, 1.54) is 0 Å². The predicted octanol–water partition coefficient (Wildman–Crippen LogP) is -1.20. The van der Waals surface area contributed by atoms with Crippen LogP contribution in [0.5, 0.6) is 0 Å².